The summed E-state index contributed by atoms with van der Waals surface area (Å²) in [6.07, 6.45) is 0. The number of nitrogens with one attached hydrogen (secondary N) is 1. The van der Waals surface area contributed by atoms with Crippen LogP contribution in [0.4, 0.5) is 5.82 Å². The number of morpholine rings is 1. The van der Waals surface area contributed by atoms with Gasteiger partial charge >= 0.3 is 0 Å². The number of nitrogen functional groups attached to an aromatic ring is 1. The monoisotopic (exact) mass is 326 g/mol. The second-order valence-corrected chi connectivity index (χ2v) is 5.73. The first-order valence-corrected chi connectivity index (χ1v) is 8.13. The van der Waals surface area contributed by atoms with E-state index in [4.69, 9.17) is 10.5 Å². The van der Waals surface area contributed by atoms with Crippen LogP contribution < -0.4 is 11.1 Å². The molecule has 1 saturated heterocycles. The molecule has 0 saturated carbocycles. The lowest BCUT2D eigenvalue weighted by atomic mass is 10.1. The van der Waals surface area contributed by atoms with Crippen molar-refractivity contribution in [1.82, 2.24) is 15.2 Å². The Hall–Kier alpha value is -2.44. The molecule has 0 aliphatic carbocycles. The third kappa shape index (κ3) is 4.31. The third-order valence-electron chi connectivity index (χ3n) is 4.03. The van der Waals surface area contributed by atoms with E-state index in [1.807, 2.05) is 36.4 Å². The molecular weight excluding hydrogens is 304 g/mol. The fourth-order valence-corrected chi connectivity index (χ4v) is 2.66. The van der Waals surface area contributed by atoms with E-state index in [9.17, 15) is 4.79 Å². The van der Waals surface area contributed by atoms with Gasteiger partial charge in [0.2, 0.25) is 0 Å². The predicted molar refractivity (Wildman–Crippen MR) is 93.7 cm³/mol. The van der Waals surface area contributed by atoms with E-state index in [1.54, 1.807) is 6.07 Å². The number of anilines is 1. The van der Waals surface area contributed by atoms with Crippen molar-refractivity contribution < 1.29 is 9.53 Å². The van der Waals surface area contributed by atoms with E-state index in [1.165, 1.54) is 0 Å². The van der Waals surface area contributed by atoms with Gasteiger partial charge in [-0.3, -0.25) is 9.69 Å². The minimum absolute atomic E-state index is 0.0599. The molecule has 6 nitrogen and oxygen atoms in total. The van der Waals surface area contributed by atoms with Crippen molar-refractivity contribution >= 4 is 11.7 Å². The number of aromatic nitrogens is 1. The van der Waals surface area contributed by atoms with Crippen LogP contribution in [0.5, 0.6) is 0 Å². The molecule has 2 heterocycles. The van der Waals surface area contributed by atoms with Gasteiger partial charge in [0, 0.05) is 37.3 Å². The van der Waals surface area contributed by atoms with Crippen molar-refractivity contribution in [3.05, 3.63) is 48.0 Å². The van der Waals surface area contributed by atoms with E-state index in [0.717, 1.165) is 44.1 Å². The van der Waals surface area contributed by atoms with Crippen molar-refractivity contribution in [3.8, 4) is 11.3 Å². The average molecular weight is 326 g/mol. The summed E-state index contributed by atoms with van der Waals surface area (Å²) in [4.78, 5) is 18.8. The molecule has 3 rings (SSSR count). The van der Waals surface area contributed by atoms with Gasteiger partial charge in [0.25, 0.3) is 5.91 Å². The highest BCUT2D eigenvalue weighted by Crippen LogP contribution is 2.18. The molecule has 2 aromatic rings. The molecule has 1 aromatic carbocycles. The van der Waals surface area contributed by atoms with E-state index >= 15 is 0 Å². The summed E-state index contributed by atoms with van der Waals surface area (Å²) >= 11 is 0. The number of benzene rings is 1. The predicted octanol–water partition coefficient (Wildman–Crippen LogP) is 1.39. The van der Waals surface area contributed by atoms with Crippen LogP contribution in [-0.4, -0.2) is 55.2 Å². The highest BCUT2D eigenvalue weighted by atomic mass is 16.5. The molecule has 0 spiro atoms. The van der Waals surface area contributed by atoms with Gasteiger partial charge in [-0.05, 0) is 24.3 Å². The summed E-state index contributed by atoms with van der Waals surface area (Å²) in [7, 11) is 0. The van der Waals surface area contributed by atoms with Crippen molar-refractivity contribution in [2.75, 3.05) is 45.1 Å². The molecule has 1 aromatic heterocycles. The molecule has 126 valence electrons. The van der Waals surface area contributed by atoms with Gasteiger partial charge in [-0.25, -0.2) is 4.98 Å². The number of nitrogens with two attached hydrogens (primary N) is 1. The van der Waals surface area contributed by atoms with Crippen LogP contribution in [0.25, 0.3) is 11.3 Å². The standard InChI is InChI=1S/C18H22N4O2/c19-17-3-1-2-16(21-17)14-4-6-15(7-5-14)18(23)20-8-9-22-10-12-24-13-11-22/h1-7H,8-13H2,(H2,19,21)(H,20,23). The number of carbonyl (C=O) groups is 1. The molecule has 0 unspecified atom stereocenters. The van der Waals surface area contributed by atoms with Gasteiger partial charge in [-0.2, -0.15) is 0 Å². The van der Waals surface area contributed by atoms with Crippen LogP contribution in [0.1, 0.15) is 10.4 Å². The summed E-state index contributed by atoms with van der Waals surface area (Å²) < 4.78 is 5.31. The second-order valence-electron chi connectivity index (χ2n) is 5.73. The topological polar surface area (TPSA) is 80.5 Å². The van der Waals surface area contributed by atoms with Gasteiger partial charge in [-0.1, -0.05) is 18.2 Å². The van der Waals surface area contributed by atoms with Crippen LogP contribution in [0, 0.1) is 0 Å². The number of carbonyl (C=O) groups excluding carboxylic acids is 1. The van der Waals surface area contributed by atoms with E-state index in [2.05, 4.69) is 15.2 Å². The Bertz CT molecular complexity index is 682. The zero-order valence-corrected chi connectivity index (χ0v) is 13.6. The Kier molecular flexibility index (Phi) is 5.40. The van der Waals surface area contributed by atoms with Gasteiger partial charge in [0.1, 0.15) is 5.82 Å². The lowest BCUT2D eigenvalue weighted by molar-refractivity contribution is 0.0383. The highest BCUT2D eigenvalue weighted by molar-refractivity contribution is 5.94. The maximum absolute atomic E-state index is 12.2. The minimum atomic E-state index is -0.0599. The first-order valence-electron chi connectivity index (χ1n) is 8.13. The largest absolute Gasteiger partial charge is 0.384 e. The molecule has 0 bridgehead atoms. The van der Waals surface area contributed by atoms with Gasteiger partial charge < -0.3 is 15.8 Å². The molecule has 1 aliphatic heterocycles. The Morgan fingerprint density at radius 1 is 1.17 bits per heavy atom. The summed E-state index contributed by atoms with van der Waals surface area (Å²) in [6, 6.07) is 12.9. The van der Waals surface area contributed by atoms with Crippen molar-refractivity contribution in [3.63, 3.8) is 0 Å². The van der Waals surface area contributed by atoms with Crippen molar-refractivity contribution in [2.45, 2.75) is 0 Å². The third-order valence-corrected chi connectivity index (χ3v) is 4.03. The number of nitrogens with zero attached hydrogens (tertiary/aromatic N) is 2. The van der Waals surface area contributed by atoms with Crippen LogP contribution in [0.3, 0.4) is 0 Å². The Labute approximate surface area is 141 Å². The molecule has 1 amide bonds. The zero-order chi connectivity index (χ0) is 16.8. The normalized spacial score (nSPS) is 15.2. The summed E-state index contributed by atoms with van der Waals surface area (Å²) in [5, 5.41) is 2.96. The molecule has 1 fully saturated rings. The lowest BCUT2D eigenvalue weighted by Crippen LogP contribution is -2.41. The van der Waals surface area contributed by atoms with Crippen LogP contribution >= 0.6 is 0 Å². The summed E-state index contributed by atoms with van der Waals surface area (Å²) in [5.74, 6) is 0.424. The summed E-state index contributed by atoms with van der Waals surface area (Å²) in [6.45, 7) is 4.88. The molecular formula is C18H22N4O2. The second kappa shape index (κ2) is 7.90. The van der Waals surface area contributed by atoms with Gasteiger partial charge in [-0.15, -0.1) is 0 Å². The Morgan fingerprint density at radius 3 is 2.62 bits per heavy atom. The van der Waals surface area contributed by atoms with Gasteiger partial charge in [0.15, 0.2) is 0 Å². The number of hydrogen-bond donors (Lipinski definition) is 2. The molecule has 6 heteroatoms. The Balaban J connectivity index is 1.53. The fourth-order valence-electron chi connectivity index (χ4n) is 2.66. The number of amides is 1. The maximum Gasteiger partial charge on any atom is 0.251 e. The van der Waals surface area contributed by atoms with Crippen molar-refractivity contribution in [1.29, 1.82) is 0 Å². The SMILES string of the molecule is Nc1cccc(-c2ccc(C(=O)NCCN3CCOCC3)cc2)n1. The van der Waals surface area contributed by atoms with Crippen LogP contribution in [-0.2, 0) is 4.74 Å². The number of rotatable bonds is 5. The molecule has 24 heavy (non-hydrogen) atoms. The molecule has 3 N–H and O–H groups in total. The molecule has 1 aliphatic rings. The van der Waals surface area contributed by atoms with E-state index in [0.29, 0.717) is 17.9 Å². The van der Waals surface area contributed by atoms with Crippen molar-refractivity contribution in [2.24, 2.45) is 0 Å². The average Bonchev–Trinajstić information content (AvgIpc) is 2.63. The highest BCUT2D eigenvalue weighted by Gasteiger charge is 2.11. The number of ether oxygens (including phenoxy) is 1. The Morgan fingerprint density at radius 2 is 1.92 bits per heavy atom. The quantitative estimate of drug-likeness (QED) is 0.868. The fraction of sp³-hybridized carbons (Fsp3) is 0.333. The van der Waals surface area contributed by atoms with Crippen LogP contribution in [0.15, 0.2) is 42.5 Å². The summed E-state index contributed by atoms with van der Waals surface area (Å²) in [5.41, 5.74) is 8.08. The zero-order valence-electron chi connectivity index (χ0n) is 13.6. The number of pyridine rings is 1. The molecule has 0 atom stereocenters. The molecule has 0 radical (unpaired) electrons. The minimum Gasteiger partial charge on any atom is -0.384 e. The first-order chi connectivity index (χ1) is 11.7. The van der Waals surface area contributed by atoms with E-state index < -0.39 is 0 Å². The smallest absolute Gasteiger partial charge is 0.251 e. The maximum atomic E-state index is 12.2. The lowest BCUT2D eigenvalue weighted by Gasteiger charge is -2.26. The first kappa shape index (κ1) is 16.4. The number of hydrogen-bond acceptors (Lipinski definition) is 5. The van der Waals surface area contributed by atoms with Crippen LogP contribution in [0.2, 0.25) is 0 Å². The van der Waals surface area contributed by atoms with E-state index in [-0.39, 0.29) is 5.91 Å². The van der Waals surface area contributed by atoms with Gasteiger partial charge in [0.05, 0.1) is 18.9 Å².